The zero-order valence-electron chi connectivity index (χ0n) is 15.3. The van der Waals surface area contributed by atoms with Gasteiger partial charge in [-0.1, -0.05) is 12.1 Å². The number of aromatic nitrogens is 2. The van der Waals surface area contributed by atoms with E-state index >= 15 is 0 Å². The van der Waals surface area contributed by atoms with Gasteiger partial charge < -0.3 is 10.1 Å². The van der Waals surface area contributed by atoms with Crippen LogP contribution in [-0.2, 0) is 27.5 Å². The fourth-order valence-corrected chi connectivity index (χ4v) is 5.41. The van der Waals surface area contributed by atoms with Crippen molar-refractivity contribution in [3.8, 4) is 5.75 Å². The number of carbonyl (C=O) groups is 1. The molecule has 1 atom stereocenters. The quantitative estimate of drug-likeness (QED) is 0.845. The Hall–Kier alpha value is -2.35. The molecule has 2 aliphatic heterocycles. The van der Waals surface area contributed by atoms with Crippen LogP contribution in [-0.4, -0.2) is 42.2 Å². The molecular weight excluding hydrogens is 366 g/mol. The third-order valence-electron chi connectivity index (χ3n) is 5.07. The average molecular weight is 389 g/mol. The number of carbonyl (C=O) groups excluding carboxylic acids is 1. The minimum atomic E-state index is -3.01. The second kappa shape index (κ2) is 6.99. The summed E-state index contributed by atoms with van der Waals surface area (Å²) in [6.07, 6.45) is 2.44. The Bertz CT molecular complexity index is 981. The summed E-state index contributed by atoms with van der Waals surface area (Å²) in [4.78, 5) is 12.4. The monoisotopic (exact) mass is 389 g/mol. The number of fused-ring (bicyclic) bond motifs is 1. The van der Waals surface area contributed by atoms with Crippen LogP contribution in [0.2, 0.25) is 0 Å². The van der Waals surface area contributed by atoms with Gasteiger partial charge in [-0.05, 0) is 37.0 Å². The number of nitrogens with zero attached hydrogens (tertiary/aromatic N) is 2. The van der Waals surface area contributed by atoms with Gasteiger partial charge in [0.05, 0.1) is 29.8 Å². The minimum Gasteiger partial charge on any atom is -0.493 e. The van der Waals surface area contributed by atoms with Gasteiger partial charge in [-0.2, -0.15) is 5.10 Å². The number of anilines is 1. The second-order valence-electron chi connectivity index (χ2n) is 7.26. The molecule has 1 saturated heterocycles. The molecule has 27 heavy (non-hydrogen) atoms. The molecule has 2 aromatic rings. The Balaban J connectivity index is 1.40. The molecule has 144 valence electrons. The van der Waals surface area contributed by atoms with Gasteiger partial charge >= 0.3 is 0 Å². The van der Waals surface area contributed by atoms with Crippen molar-refractivity contribution in [3.05, 3.63) is 41.1 Å². The molecule has 3 heterocycles. The van der Waals surface area contributed by atoms with Gasteiger partial charge in [0.2, 0.25) is 5.91 Å². The van der Waals surface area contributed by atoms with Crippen molar-refractivity contribution < 1.29 is 17.9 Å². The van der Waals surface area contributed by atoms with Crippen molar-refractivity contribution in [2.45, 2.75) is 38.6 Å². The first kappa shape index (κ1) is 18.0. The molecule has 8 heteroatoms. The number of benzene rings is 1. The first-order chi connectivity index (χ1) is 12.9. The van der Waals surface area contributed by atoms with Crippen molar-refractivity contribution in [1.82, 2.24) is 9.78 Å². The lowest BCUT2D eigenvalue weighted by Crippen LogP contribution is -2.19. The van der Waals surface area contributed by atoms with E-state index in [-0.39, 0.29) is 23.5 Å². The van der Waals surface area contributed by atoms with Gasteiger partial charge in [-0.15, -0.1) is 0 Å². The zero-order valence-corrected chi connectivity index (χ0v) is 16.1. The Morgan fingerprint density at radius 2 is 2.22 bits per heavy atom. The molecule has 0 saturated carbocycles. The SMILES string of the molecule is Cc1cc(NC(=O)CCc2ccc3c(c2)CCO3)n(C2CCS(=O)(=O)C2)n1. The molecule has 4 rings (SSSR count). The van der Waals surface area contributed by atoms with Gasteiger partial charge in [0.15, 0.2) is 9.84 Å². The van der Waals surface area contributed by atoms with Crippen molar-refractivity contribution in [2.75, 3.05) is 23.4 Å². The Morgan fingerprint density at radius 3 is 3.00 bits per heavy atom. The van der Waals surface area contributed by atoms with Crippen LogP contribution in [0, 0.1) is 6.92 Å². The van der Waals surface area contributed by atoms with E-state index in [0.717, 1.165) is 30.0 Å². The molecule has 1 amide bonds. The lowest BCUT2D eigenvalue weighted by Gasteiger charge is -2.14. The highest BCUT2D eigenvalue weighted by Gasteiger charge is 2.31. The molecule has 0 bridgehead atoms. The minimum absolute atomic E-state index is 0.0776. The van der Waals surface area contributed by atoms with E-state index in [1.165, 1.54) is 5.56 Å². The number of hydrogen-bond acceptors (Lipinski definition) is 5. The lowest BCUT2D eigenvalue weighted by atomic mass is 10.0. The molecule has 0 aliphatic carbocycles. The Morgan fingerprint density at radius 1 is 1.37 bits per heavy atom. The normalized spacial score (nSPS) is 20.3. The molecule has 0 spiro atoms. The molecule has 1 aromatic heterocycles. The predicted octanol–water partition coefficient (Wildman–Crippen LogP) is 2.06. The van der Waals surface area contributed by atoms with Crippen LogP contribution in [0.15, 0.2) is 24.3 Å². The highest BCUT2D eigenvalue weighted by molar-refractivity contribution is 7.91. The Labute approximate surface area is 158 Å². The molecule has 1 N–H and O–H groups in total. The highest BCUT2D eigenvalue weighted by Crippen LogP contribution is 2.28. The van der Waals surface area contributed by atoms with Crippen molar-refractivity contribution in [1.29, 1.82) is 0 Å². The fourth-order valence-electron chi connectivity index (χ4n) is 3.72. The first-order valence-corrected chi connectivity index (χ1v) is 11.0. The van der Waals surface area contributed by atoms with Crippen LogP contribution in [0.5, 0.6) is 5.75 Å². The molecule has 1 unspecified atom stereocenters. The molecule has 2 aliphatic rings. The van der Waals surface area contributed by atoms with E-state index < -0.39 is 9.84 Å². The van der Waals surface area contributed by atoms with Crippen molar-refractivity contribution in [2.24, 2.45) is 0 Å². The van der Waals surface area contributed by atoms with E-state index in [2.05, 4.69) is 16.5 Å². The van der Waals surface area contributed by atoms with Crippen LogP contribution >= 0.6 is 0 Å². The fraction of sp³-hybridized carbons (Fsp3) is 0.474. The molecular formula is C19H23N3O4S. The molecule has 1 fully saturated rings. The molecule has 7 nitrogen and oxygen atoms in total. The first-order valence-electron chi connectivity index (χ1n) is 9.21. The Kier molecular flexibility index (Phi) is 4.67. The maximum Gasteiger partial charge on any atom is 0.225 e. The average Bonchev–Trinajstić information content (AvgIpc) is 3.31. The maximum absolute atomic E-state index is 12.4. The van der Waals surface area contributed by atoms with E-state index in [4.69, 9.17) is 4.74 Å². The standard InChI is InChI=1S/C19H23N3O4S/c1-13-10-18(22(21-13)16-7-9-27(24,25)12-16)20-19(23)5-3-14-2-4-17-15(11-14)6-8-26-17/h2,4,10-11,16H,3,5-9,12H2,1H3,(H,20,23). The lowest BCUT2D eigenvalue weighted by molar-refractivity contribution is -0.116. The summed E-state index contributed by atoms with van der Waals surface area (Å²) in [6, 6.07) is 7.64. The van der Waals surface area contributed by atoms with Gasteiger partial charge in [0, 0.05) is 18.9 Å². The number of sulfone groups is 1. The topological polar surface area (TPSA) is 90.3 Å². The number of ether oxygens (including phenoxy) is 1. The van der Waals surface area contributed by atoms with E-state index in [1.54, 1.807) is 10.7 Å². The summed E-state index contributed by atoms with van der Waals surface area (Å²) < 4.78 is 30.7. The number of nitrogens with one attached hydrogen (secondary N) is 1. The summed E-state index contributed by atoms with van der Waals surface area (Å²) in [7, 11) is -3.01. The van der Waals surface area contributed by atoms with Crippen LogP contribution in [0.1, 0.15) is 35.7 Å². The number of rotatable bonds is 5. The summed E-state index contributed by atoms with van der Waals surface area (Å²) in [6.45, 7) is 2.56. The predicted molar refractivity (Wildman–Crippen MR) is 102 cm³/mol. The summed E-state index contributed by atoms with van der Waals surface area (Å²) in [5.41, 5.74) is 3.07. The second-order valence-corrected chi connectivity index (χ2v) is 9.49. The van der Waals surface area contributed by atoms with Gasteiger partial charge in [-0.25, -0.2) is 13.1 Å². The summed E-state index contributed by atoms with van der Waals surface area (Å²) >= 11 is 0. The van der Waals surface area contributed by atoms with Gasteiger partial charge in [-0.3, -0.25) is 4.79 Å². The van der Waals surface area contributed by atoms with Crippen molar-refractivity contribution in [3.63, 3.8) is 0 Å². The number of hydrogen-bond donors (Lipinski definition) is 1. The molecule has 1 aromatic carbocycles. The third kappa shape index (κ3) is 4.00. The highest BCUT2D eigenvalue weighted by atomic mass is 32.2. The van der Waals surface area contributed by atoms with E-state index in [9.17, 15) is 13.2 Å². The van der Waals surface area contributed by atoms with Gasteiger partial charge in [0.25, 0.3) is 0 Å². The van der Waals surface area contributed by atoms with Crippen molar-refractivity contribution >= 4 is 21.6 Å². The van der Waals surface area contributed by atoms with E-state index in [0.29, 0.717) is 25.1 Å². The largest absolute Gasteiger partial charge is 0.493 e. The maximum atomic E-state index is 12.4. The number of aryl methyl sites for hydroxylation is 2. The number of amides is 1. The van der Waals surface area contributed by atoms with Crippen LogP contribution in [0.25, 0.3) is 0 Å². The van der Waals surface area contributed by atoms with Gasteiger partial charge in [0.1, 0.15) is 11.6 Å². The molecule has 0 radical (unpaired) electrons. The third-order valence-corrected chi connectivity index (χ3v) is 6.82. The van der Waals surface area contributed by atoms with Crippen LogP contribution in [0.3, 0.4) is 0 Å². The van der Waals surface area contributed by atoms with Crippen LogP contribution < -0.4 is 10.1 Å². The van der Waals surface area contributed by atoms with E-state index in [1.807, 2.05) is 19.1 Å². The smallest absolute Gasteiger partial charge is 0.225 e. The van der Waals surface area contributed by atoms with Crippen LogP contribution in [0.4, 0.5) is 5.82 Å². The summed E-state index contributed by atoms with van der Waals surface area (Å²) in [5.74, 6) is 1.66. The zero-order chi connectivity index (χ0) is 19.0. The summed E-state index contributed by atoms with van der Waals surface area (Å²) in [5, 5.41) is 7.29.